The van der Waals surface area contributed by atoms with Crippen molar-refractivity contribution in [3.63, 3.8) is 0 Å². The number of nitriles is 1. The minimum Gasteiger partial charge on any atom is -0.449 e. The van der Waals surface area contributed by atoms with Crippen LogP contribution in [0.2, 0.25) is 0 Å². The first-order valence-corrected chi connectivity index (χ1v) is 8.64. The van der Waals surface area contributed by atoms with Crippen molar-refractivity contribution in [1.82, 2.24) is 14.5 Å². The Kier molecular flexibility index (Phi) is 6.29. The second-order valence-electron chi connectivity index (χ2n) is 6.17. The molecule has 0 aliphatic heterocycles. The van der Waals surface area contributed by atoms with Crippen LogP contribution in [0.15, 0.2) is 23.0 Å². The summed E-state index contributed by atoms with van der Waals surface area (Å²) in [6, 6.07) is 6.70. The number of fused-ring (bicyclic) bond motifs is 1. The van der Waals surface area contributed by atoms with E-state index in [2.05, 4.69) is 4.98 Å². The van der Waals surface area contributed by atoms with E-state index < -0.39 is 12.1 Å². The van der Waals surface area contributed by atoms with E-state index in [4.69, 9.17) is 10.00 Å². The summed E-state index contributed by atoms with van der Waals surface area (Å²) < 4.78 is 6.84. The van der Waals surface area contributed by atoms with Crippen LogP contribution in [0.3, 0.4) is 0 Å². The zero-order chi connectivity index (χ0) is 20.1. The number of aryl methyl sites for hydroxylation is 2. The Morgan fingerprint density at radius 1 is 1.41 bits per heavy atom. The zero-order valence-electron chi connectivity index (χ0n) is 15.9. The second-order valence-corrected chi connectivity index (χ2v) is 6.17. The van der Waals surface area contributed by atoms with Crippen molar-refractivity contribution in [2.75, 3.05) is 13.6 Å². The predicted octanol–water partition coefficient (Wildman–Crippen LogP) is 1.64. The highest BCUT2D eigenvalue weighted by molar-refractivity contribution is 5.95. The van der Waals surface area contributed by atoms with Gasteiger partial charge in [0.05, 0.1) is 29.1 Å². The lowest BCUT2D eigenvalue weighted by atomic mass is 10.2. The summed E-state index contributed by atoms with van der Waals surface area (Å²) in [5.74, 6) is -1.03. The molecule has 2 rings (SSSR count). The molecule has 8 heteroatoms. The first-order valence-electron chi connectivity index (χ1n) is 8.64. The summed E-state index contributed by atoms with van der Waals surface area (Å²) in [4.78, 5) is 42.3. The van der Waals surface area contributed by atoms with Gasteiger partial charge in [0, 0.05) is 20.1 Å². The highest BCUT2D eigenvalue weighted by Crippen LogP contribution is 2.15. The molecular formula is C19H22N4O4. The van der Waals surface area contributed by atoms with Gasteiger partial charge in [0.25, 0.3) is 11.5 Å². The number of nitrogens with zero attached hydrogens (tertiary/aromatic N) is 4. The first-order chi connectivity index (χ1) is 12.8. The van der Waals surface area contributed by atoms with E-state index in [0.717, 1.165) is 0 Å². The molecule has 1 amide bonds. The molecule has 8 nitrogen and oxygen atoms in total. The van der Waals surface area contributed by atoms with Crippen molar-refractivity contribution < 1.29 is 14.3 Å². The Morgan fingerprint density at radius 2 is 2.11 bits per heavy atom. The van der Waals surface area contributed by atoms with Crippen LogP contribution in [0, 0.1) is 18.3 Å². The van der Waals surface area contributed by atoms with E-state index in [9.17, 15) is 14.4 Å². The molecule has 0 N–H and O–H groups in total. The SMILES string of the molecule is CCn1c(=O)c(C)nc2cc(C(=O)O[C@@H](C)C(=O)N(C)CCC#N)ccc21. The van der Waals surface area contributed by atoms with Crippen LogP contribution in [0.4, 0.5) is 0 Å². The number of benzene rings is 1. The van der Waals surface area contributed by atoms with Crippen LogP contribution >= 0.6 is 0 Å². The molecule has 2 aromatic rings. The Balaban J connectivity index is 2.23. The van der Waals surface area contributed by atoms with E-state index >= 15 is 0 Å². The Bertz CT molecular complexity index is 974. The van der Waals surface area contributed by atoms with Gasteiger partial charge in [0.2, 0.25) is 0 Å². The molecule has 0 unspecified atom stereocenters. The molecule has 0 fully saturated rings. The van der Waals surface area contributed by atoms with Crippen molar-refractivity contribution in [3.05, 3.63) is 39.8 Å². The molecular weight excluding hydrogens is 348 g/mol. The molecule has 1 atom stereocenters. The standard InChI is InChI=1S/C19H22N4O4/c1-5-23-16-8-7-14(11-15(16)21-12(2)17(23)24)19(26)27-13(3)18(25)22(4)10-6-9-20/h7-8,11,13H,5-6,10H2,1-4H3/t13-/m0/s1. The third kappa shape index (κ3) is 4.31. The van der Waals surface area contributed by atoms with Gasteiger partial charge in [-0.15, -0.1) is 0 Å². The second kappa shape index (κ2) is 8.45. The Labute approximate surface area is 157 Å². The first kappa shape index (κ1) is 20.1. The number of carbonyl (C=O) groups excluding carboxylic acids is 2. The Hall–Kier alpha value is -3.21. The average molecular weight is 370 g/mol. The van der Waals surface area contributed by atoms with Gasteiger partial charge < -0.3 is 14.2 Å². The highest BCUT2D eigenvalue weighted by Gasteiger charge is 2.22. The molecule has 1 aromatic heterocycles. The fraction of sp³-hybridized carbons (Fsp3) is 0.421. The number of amides is 1. The molecule has 0 bridgehead atoms. The monoisotopic (exact) mass is 370 g/mol. The van der Waals surface area contributed by atoms with Gasteiger partial charge in [0.1, 0.15) is 5.69 Å². The molecule has 0 spiro atoms. The molecule has 142 valence electrons. The summed E-state index contributed by atoms with van der Waals surface area (Å²) in [5.41, 5.74) is 1.56. The summed E-state index contributed by atoms with van der Waals surface area (Å²) in [7, 11) is 1.55. The molecule has 0 saturated heterocycles. The normalized spacial score (nSPS) is 11.7. The van der Waals surface area contributed by atoms with Gasteiger partial charge in [-0.25, -0.2) is 9.78 Å². The average Bonchev–Trinajstić information content (AvgIpc) is 2.65. The summed E-state index contributed by atoms with van der Waals surface area (Å²) in [5, 5.41) is 8.59. The van der Waals surface area contributed by atoms with Crippen molar-refractivity contribution in [2.24, 2.45) is 0 Å². The third-order valence-electron chi connectivity index (χ3n) is 4.23. The molecule has 1 heterocycles. The van der Waals surface area contributed by atoms with E-state index in [1.54, 1.807) is 36.7 Å². The maximum absolute atomic E-state index is 12.4. The molecule has 27 heavy (non-hydrogen) atoms. The summed E-state index contributed by atoms with van der Waals surface area (Å²) in [6.07, 6.45) is -0.770. The maximum atomic E-state index is 12.4. The molecule has 1 aromatic carbocycles. The van der Waals surface area contributed by atoms with Crippen molar-refractivity contribution >= 4 is 22.9 Å². The van der Waals surface area contributed by atoms with Gasteiger partial charge in [-0.3, -0.25) is 9.59 Å². The topological polar surface area (TPSA) is 105 Å². The van der Waals surface area contributed by atoms with E-state index in [1.807, 2.05) is 13.0 Å². The number of rotatable bonds is 6. The van der Waals surface area contributed by atoms with E-state index in [0.29, 0.717) is 23.3 Å². The minimum absolute atomic E-state index is 0.167. The number of hydrogen-bond acceptors (Lipinski definition) is 6. The van der Waals surface area contributed by atoms with Gasteiger partial charge in [-0.1, -0.05) is 0 Å². The van der Waals surface area contributed by atoms with Crippen LogP contribution in [-0.2, 0) is 16.1 Å². The van der Waals surface area contributed by atoms with Gasteiger partial charge >= 0.3 is 5.97 Å². The Morgan fingerprint density at radius 3 is 2.74 bits per heavy atom. The molecule has 0 radical (unpaired) electrons. The van der Waals surface area contributed by atoms with Crippen LogP contribution in [-0.4, -0.2) is 46.0 Å². The highest BCUT2D eigenvalue weighted by atomic mass is 16.5. The molecule has 0 saturated carbocycles. The fourth-order valence-corrected chi connectivity index (χ4v) is 2.73. The van der Waals surface area contributed by atoms with Crippen LogP contribution in [0.25, 0.3) is 11.0 Å². The number of esters is 1. The lowest BCUT2D eigenvalue weighted by molar-refractivity contribution is -0.138. The van der Waals surface area contributed by atoms with Crippen LogP contribution in [0.1, 0.15) is 36.3 Å². The quantitative estimate of drug-likeness (QED) is 0.716. The summed E-state index contributed by atoms with van der Waals surface area (Å²) in [6.45, 7) is 5.73. The van der Waals surface area contributed by atoms with Gasteiger partial charge in [-0.2, -0.15) is 5.26 Å². The van der Waals surface area contributed by atoms with Crippen LogP contribution < -0.4 is 5.56 Å². The fourth-order valence-electron chi connectivity index (χ4n) is 2.73. The lowest BCUT2D eigenvalue weighted by Gasteiger charge is -2.20. The predicted molar refractivity (Wildman–Crippen MR) is 99.2 cm³/mol. The smallest absolute Gasteiger partial charge is 0.338 e. The number of ether oxygens (including phenoxy) is 1. The summed E-state index contributed by atoms with van der Waals surface area (Å²) >= 11 is 0. The zero-order valence-corrected chi connectivity index (χ0v) is 15.9. The molecule has 0 aliphatic rings. The van der Waals surface area contributed by atoms with Gasteiger partial charge in [0.15, 0.2) is 6.10 Å². The maximum Gasteiger partial charge on any atom is 0.338 e. The largest absolute Gasteiger partial charge is 0.449 e. The number of carbonyl (C=O) groups is 2. The number of likely N-dealkylation sites (N-methyl/N-ethyl adjacent to an activating group) is 1. The van der Waals surface area contributed by atoms with Gasteiger partial charge in [-0.05, 0) is 39.0 Å². The van der Waals surface area contributed by atoms with Crippen molar-refractivity contribution in [2.45, 2.75) is 39.8 Å². The van der Waals surface area contributed by atoms with Crippen molar-refractivity contribution in [3.8, 4) is 6.07 Å². The number of hydrogen-bond donors (Lipinski definition) is 0. The minimum atomic E-state index is -0.976. The molecule has 0 aliphatic carbocycles. The third-order valence-corrected chi connectivity index (χ3v) is 4.23. The van der Waals surface area contributed by atoms with E-state index in [1.165, 1.54) is 11.8 Å². The van der Waals surface area contributed by atoms with Crippen molar-refractivity contribution in [1.29, 1.82) is 5.26 Å². The number of aromatic nitrogens is 2. The van der Waals surface area contributed by atoms with E-state index in [-0.39, 0.29) is 30.0 Å². The van der Waals surface area contributed by atoms with Crippen LogP contribution in [0.5, 0.6) is 0 Å². The lowest BCUT2D eigenvalue weighted by Crippen LogP contribution is -2.37.